The second-order valence-corrected chi connectivity index (χ2v) is 5.33. The van der Waals surface area contributed by atoms with Crippen LogP contribution in [0.3, 0.4) is 0 Å². The van der Waals surface area contributed by atoms with Gasteiger partial charge in [0.1, 0.15) is 8.71 Å². The Labute approximate surface area is 115 Å². The Morgan fingerprint density at radius 1 is 1.29 bits per heavy atom. The molecule has 5 nitrogen and oxygen atoms in total. The fourth-order valence-corrected chi connectivity index (χ4v) is 2.92. The topological polar surface area (TPSA) is 52.3 Å². The molecule has 3 rings (SSSR count). The first kappa shape index (κ1) is 10.9. The Kier molecular flexibility index (Phi) is 2.71. The molecule has 0 aromatic carbocycles. The molecule has 7 heteroatoms. The lowest BCUT2D eigenvalue weighted by atomic mass is 10.3. The van der Waals surface area contributed by atoms with E-state index in [0.29, 0.717) is 5.88 Å². The van der Waals surface area contributed by atoms with E-state index < -0.39 is 0 Å². The van der Waals surface area contributed by atoms with Crippen LogP contribution in [0.1, 0.15) is 0 Å². The fraction of sp³-hybridized carbons (Fsp3) is 0.100. The van der Waals surface area contributed by atoms with Gasteiger partial charge in [0.15, 0.2) is 0 Å². The maximum atomic E-state index is 5.02. The summed E-state index contributed by atoms with van der Waals surface area (Å²) in [6.45, 7) is 0. The summed E-state index contributed by atoms with van der Waals surface area (Å²) in [5.74, 6) is 0.602. The maximum Gasteiger partial charge on any atom is 0.213 e. The Bertz CT molecular complexity index is 661. The molecule has 17 heavy (non-hydrogen) atoms. The zero-order valence-electron chi connectivity index (χ0n) is 8.79. The van der Waals surface area contributed by atoms with E-state index in [2.05, 4.69) is 37.7 Å². The van der Waals surface area contributed by atoms with Gasteiger partial charge in [0.05, 0.1) is 13.3 Å². The number of aromatic nitrogens is 4. The minimum absolute atomic E-state index is 0.602. The lowest BCUT2D eigenvalue weighted by Crippen LogP contribution is -1.89. The third-order valence-electron chi connectivity index (χ3n) is 2.24. The highest BCUT2D eigenvalue weighted by atomic mass is 127. The number of pyridine rings is 1. The van der Waals surface area contributed by atoms with Crippen LogP contribution < -0.4 is 4.74 Å². The summed E-state index contributed by atoms with van der Waals surface area (Å²) in [5, 5.41) is 5.39. The van der Waals surface area contributed by atoms with Crippen molar-refractivity contribution in [3.05, 3.63) is 28.2 Å². The summed E-state index contributed by atoms with van der Waals surface area (Å²) in [6, 6.07) is 3.77. The van der Waals surface area contributed by atoms with Crippen molar-refractivity contribution in [2.24, 2.45) is 0 Å². The Balaban J connectivity index is 2.07. The number of rotatable bonds is 2. The van der Waals surface area contributed by atoms with E-state index in [1.165, 1.54) is 11.3 Å². The first-order valence-corrected chi connectivity index (χ1v) is 6.68. The van der Waals surface area contributed by atoms with Crippen LogP contribution in [0.15, 0.2) is 24.5 Å². The molecule has 0 N–H and O–H groups in total. The molecule has 0 spiro atoms. The van der Waals surface area contributed by atoms with Gasteiger partial charge >= 0.3 is 0 Å². The number of methoxy groups -OCH3 is 1. The van der Waals surface area contributed by atoms with E-state index in [9.17, 15) is 0 Å². The third kappa shape index (κ3) is 1.89. The number of nitrogens with zero attached hydrogens (tertiary/aromatic N) is 4. The SMILES string of the molecule is COc1ccc(-c2nn3c(I)cnc3s2)cn1. The van der Waals surface area contributed by atoms with Gasteiger partial charge in [-0.1, -0.05) is 11.3 Å². The van der Waals surface area contributed by atoms with Crippen molar-refractivity contribution in [2.45, 2.75) is 0 Å². The second-order valence-electron chi connectivity index (χ2n) is 3.27. The van der Waals surface area contributed by atoms with E-state index in [4.69, 9.17) is 4.74 Å². The third-order valence-corrected chi connectivity index (χ3v) is 3.94. The van der Waals surface area contributed by atoms with Gasteiger partial charge in [0.25, 0.3) is 0 Å². The van der Waals surface area contributed by atoms with E-state index in [0.717, 1.165) is 19.2 Å². The van der Waals surface area contributed by atoms with Crippen LogP contribution >= 0.6 is 33.9 Å². The van der Waals surface area contributed by atoms with Gasteiger partial charge in [-0.3, -0.25) is 0 Å². The van der Waals surface area contributed by atoms with Crippen LogP contribution in [0.25, 0.3) is 15.5 Å². The highest BCUT2D eigenvalue weighted by Crippen LogP contribution is 2.26. The summed E-state index contributed by atoms with van der Waals surface area (Å²) in [6.07, 6.45) is 3.55. The van der Waals surface area contributed by atoms with E-state index in [1.54, 1.807) is 19.5 Å². The number of imidazole rings is 1. The number of hydrogen-bond acceptors (Lipinski definition) is 5. The lowest BCUT2D eigenvalue weighted by Gasteiger charge is -1.98. The zero-order chi connectivity index (χ0) is 11.8. The molecule has 0 bridgehead atoms. The van der Waals surface area contributed by atoms with Crippen LogP contribution in [0.2, 0.25) is 0 Å². The summed E-state index contributed by atoms with van der Waals surface area (Å²) in [7, 11) is 1.60. The predicted octanol–water partition coefficient (Wildman–Crippen LogP) is 2.47. The molecule has 3 aromatic rings. The number of fused-ring (bicyclic) bond motifs is 1. The smallest absolute Gasteiger partial charge is 0.213 e. The van der Waals surface area contributed by atoms with Crippen LogP contribution in [0, 0.1) is 3.70 Å². The zero-order valence-corrected chi connectivity index (χ0v) is 11.8. The Morgan fingerprint density at radius 3 is 2.82 bits per heavy atom. The minimum Gasteiger partial charge on any atom is -0.481 e. The van der Waals surface area contributed by atoms with Crippen molar-refractivity contribution in [1.82, 2.24) is 19.6 Å². The molecule has 0 aliphatic carbocycles. The molecule has 0 radical (unpaired) electrons. The van der Waals surface area contributed by atoms with Gasteiger partial charge in [-0.25, -0.2) is 9.97 Å². The molecule has 0 unspecified atom stereocenters. The van der Waals surface area contributed by atoms with Gasteiger partial charge in [-0.05, 0) is 28.7 Å². The van der Waals surface area contributed by atoms with Crippen molar-refractivity contribution in [3.8, 4) is 16.5 Å². The van der Waals surface area contributed by atoms with Crippen LogP contribution in [-0.2, 0) is 0 Å². The molecular weight excluding hydrogens is 351 g/mol. The van der Waals surface area contributed by atoms with E-state index in [1.807, 2.05) is 16.6 Å². The van der Waals surface area contributed by atoms with Crippen molar-refractivity contribution < 1.29 is 4.74 Å². The van der Waals surface area contributed by atoms with Crippen molar-refractivity contribution >= 4 is 38.9 Å². The van der Waals surface area contributed by atoms with Gasteiger partial charge in [0, 0.05) is 17.8 Å². The van der Waals surface area contributed by atoms with Gasteiger partial charge < -0.3 is 4.74 Å². The highest BCUT2D eigenvalue weighted by molar-refractivity contribution is 14.1. The molecule has 0 aliphatic rings. The molecule has 0 saturated heterocycles. The quantitative estimate of drug-likeness (QED) is 0.661. The Hall–Kier alpha value is -1.22. The molecule has 3 heterocycles. The Morgan fingerprint density at radius 2 is 2.18 bits per heavy atom. The highest BCUT2D eigenvalue weighted by Gasteiger charge is 2.10. The minimum atomic E-state index is 0.602. The maximum absolute atomic E-state index is 5.02. The van der Waals surface area contributed by atoms with Crippen LogP contribution in [-0.4, -0.2) is 26.7 Å². The first-order chi connectivity index (χ1) is 8.28. The first-order valence-electron chi connectivity index (χ1n) is 4.78. The monoisotopic (exact) mass is 358 g/mol. The fourth-order valence-electron chi connectivity index (χ4n) is 1.41. The largest absolute Gasteiger partial charge is 0.481 e. The molecule has 0 saturated carbocycles. The summed E-state index contributed by atoms with van der Waals surface area (Å²) < 4.78 is 7.85. The summed E-state index contributed by atoms with van der Waals surface area (Å²) in [5.41, 5.74) is 0.970. The standard InChI is InChI=1S/C10H7IN4OS/c1-16-8-3-2-6(4-12-8)9-14-15-7(11)5-13-10(15)17-9/h2-5H,1H3. The van der Waals surface area contributed by atoms with Gasteiger partial charge in [-0.2, -0.15) is 9.61 Å². The lowest BCUT2D eigenvalue weighted by molar-refractivity contribution is 0.398. The average molecular weight is 358 g/mol. The average Bonchev–Trinajstić information content (AvgIpc) is 2.92. The second kappa shape index (κ2) is 4.22. The molecule has 0 aliphatic heterocycles. The van der Waals surface area contributed by atoms with Crippen molar-refractivity contribution in [3.63, 3.8) is 0 Å². The van der Waals surface area contributed by atoms with Crippen molar-refractivity contribution in [1.29, 1.82) is 0 Å². The molecule has 0 atom stereocenters. The predicted molar refractivity (Wildman–Crippen MR) is 73.4 cm³/mol. The van der Waals surface area contributed by atoms with E-state index >= 15 is 0 Å². The van der Waals surface area contributed by atoms with Gasteiger partial charge in [0.2, 0.25) is 10.8 Å². The summed E-state index contributed by atoms with van der Waals surface area (Å²) >= 11 is 3.75. The van der Waals surface area contributed by atoms with E-state index in [-0.39, 0.29) is 0 Å². The number of hydrogen-bond donors (Lipinski definition) is 0. The normalized spacial score (nSPS) is 10.9. The number of ether oxygens (including phenoxy) is 1. The number of halogens is 1. The molecule has 3 aromatic heterocycles. The van der Waals surface area contributed by atoms with Crippen LogP contribution in [0.4, 0.5) is 0 Å². The molecule has 0 amide bonds. The van der Waals surface area contributed by atoms with Crippen LogP contribution in [0.5, 0.6) is 5.88 Å². The molecule has 86 valence electrons. The summed E-state index contributed by atoms with van der Waals surface area (Å²) in [4.78, 5) is 9.32. The molecule has 0 fully saturated rings. The molecular formula is C10H7IN4OS. The van der Waals surface area contributed by atoms with Crippen molar-refractivity contribution in [2.75, 3.05) is 7.11 Å². The van der Waals surface area contributed by atoms with Gasteiger partial charge in [-0.15, -0.1) is 0 Å².